The van der Waals surface area contributed by atoms with Gasteiger partial charge in [-0.1, -0.05) is 176 Å². The molecule has 0 N–H and O–H groups in total. The zero-order valence-electron chi connectivity index (χ0n) is 38.5. The Hall–Kier alpha value is -9.16. The van der Waals surface area contributed by atoms with E-state index in [1.54, 1.807) is 0 Å². The highest BCUT2D eigenvalue weighted by Gasteiger charge is 2.55. The van der Waals surface area contributed by atoms with Crippen LogP contribution in [0.1, 0.15) is 0 Å². The molecule has 2 aliphatic heterocycles. The molecule has 4 nitrogen and oxygen atoms in total. The molecule has 16 rings (SSSR count). The minimum absolute atomic E-state index is 1.13. The second kappa shape index (κ2) is 14.4. The van der Waals surface area contributed by atoms with E-state index in [-0.39, 0.29) is 0 Å². The molecule has 0 aliphatic carbocycles. The van der Waals surface area contributed by atoms with Crippen molar-refractivity contribution in [3.63, 3.8) is 0 Å². The highest BCUT2D eigenvalue weighted by Crippen LogP contribution is 2.52. The molecule has 0 amide bonds. The molecule has 0 atom stereocenters. The molecule has 14 aromatic rings. The number of rotatable bonds is 5. The van der Waals surface area contributed by atoms with Crippen LogP contribution in [0.3, 0.4) is 0 Å². The number of hydrogen-bond acceptors (Lipinski definition) is 1. The Morgan fingerprint density at radius 1 is 0.268 bits per heavy atom. The summed E-state index contributed by atoms with van der Waals surface area (Å²) < 4.78 is 8.37. The zero-order chi connectivity index (χ0) is 46.4. The maximum Gasteiger partial charge on any atom is 0.344 e. The van der Waals surface area contributed by atoms with Crippen molar-refractivity contribution in [1.29, 1.82) is 0 Å². The Kier molecular flexibility index (Phi) is 7.88. The van der Waals surface area contributed by atoms with Crippen LogP contribution in [0, 0.1) is 0 Å². The minimum atomic E-state index is -3.71. The molecule has 2 aliphatic rings. The SMILES string of the molecule is c1ccc(-c2ccc3c(c2)[Si]2(c4cc(-c5ccccc5)ccc4N3c3ccccc3)n3c4ccccc4c4ccc5c(c6c(ccc7c8cc(-c9ccccc9)ccc8n2c76)n5-c2ccccc2)c43)cc1. The van der Waals surface area contributed by atoms with E-state index in [1.165, 1.54) is 121 Å². The normalized spacial score (nSPS) is 13.4. The zero-order valence-corrected chi connectivity index (χ0v) is 39.5. The van der Waals surface area contributed by atoms with Crippen molar-refractivity contribution in [3.05, 3.63) is 255 Å². The van der Waals surface area contributed by atoms with Crippen molar-refractivity contribution >= 4 is 101 Å². The molecule has 3 aromatic heterocycles. The van der Waals surface area contributed by atoms with Gasteiger partial charge in [0, 0.05) is 76.5 Å². The molecule has 71 heavy (non-hydrogen) atoms. The minimum Gasteiger partial charge on any atom is -0.341 e. The number of nitrogens with zero attached hydrogens (tertiary/aromatic N) is 4. The van der Waals surface area contributed by atoms with E-state index in [0.29, 0.717) is 0 Å². The first-order chi connectivity index (χ1) is 35.3. The van der Waals surface area contributed by atoms with Crippen LogP contribution in [0.5, 0.6) is 0 Å². The topological polar surface area (TPSA) is 18.0 Å². The van der Waals surface area contributed by atoms with Crippen LogP contribution in [0.4, 0.5) is 17.1 Å². The van der Waals surface area contributed by atoms with Gasteiger partial charge in [0.05, 0.1) is 22.1 Å². The number of hydrogen-bond donors (Lipinski definition) is 0. The van der Waals surface area contributed by atoms with Gasteiger partial charge in [0.15, 0.2) is 0 Å². The molecule has 0 radical (unpaired) electrons. The number of aromatic nitrogens is 3. The van der Waals surface area contributed by atoms with Crippen LogP contribution >= 0.6 is 0 Å². The average Bonchev–Trinajstić information content (AvgIpc) is 4.07. The van der Waals surface area contributed by atoms with Crippen molar-refractivity contribution < 1.29 is 0 Å². The molecule has 0 saturated heterocycles. The summed E-state index contributed by atoms with van der Waals surface area (Å²) in [6, 6.07) is 95.8. The molecule has 5 heterocycles. The summed E-state index contributed by atoms with van der Waals surface area (Å²) in [5, 5.41) is 10.3. The van der Waals surface area contributed by atoms with E-state index in [2.05, 4.69) is 273 Å². The standard InChI is InChI=1S/C66H42N4Si/c1-6-18-43(19-7-1)46-30-35-56-54(40-46)53-34-39-60-64-63-59(68(60)50-26-14-5-15-27-50)38-33-52-51-28-16-17-29-55(51)69(65(52)63)71(70(56)66(53)64)61-41-47(44-20-8-2-9-21-44)31-36-57(61)67(49-24-12-4-13-25-49)58-37-32-48(42-62(58)71)45-22-10-3-11-23-45/h1-42H. The maximum atomic E-state index is 2.93. The van der Waals surface area contributed by atoms with Crippen molar-refractivity contribution in [1.82, 2.24) is 13.0 Å². The van der Waals surface area contributed by atoms with Gasteiger partial charge in [-0.2, -0.15) is 0 Å². The Morgan fingerprint density at radius 3 is 1.21 bits per heavy atom. The quantitative estimate of drug-likeness (QED) is 0.157. The third kappa shape index (κ3) is 5.12. The Morgan fingerprint density at radius 2 is 0.676 bits per heavy atom. The smallest absolute Gasteiger partial charge is 0.341 e. The average molecular weight is 919 g/mol. The van der Waals surface area contributed by atoms with E-state index in [9.17, 15) is 0 Å². The largest absolute Gasteiger partial charge is 0.344 e. The molecule has 0 unspecified atom stereocenters. The predicted octanol–water partition coefficient (Wildman–Crippen LogP) is 15.8. The van der Waals surface area contributed by atoms with Gasteiger partial charge in [-0.3, -0.25) is 0 Å². The summed E-state index contributed by atoms with van der Waals surface area (Å²) >= 11 is 0. The van der Waals surface area contributed by atoms with E-state index in [1.807, 2.05) is 0 Å². The Bertz CT molecular complexity index is 4400. The van der Waals surface area contributed by atoms with Gasteiger partial charge in [0.2, 0.25) is 0 Å². The number of para-hydroxylation sites is 3. The first kappa shape index (κ1) is 38.8. The summed E-state index contributed by atoms with van der Waals surface area (Å²) in [6.07, 6.45) is 0. The first-order valence-electron chi connectivity index (χ1n) is 24.6. The molecular formula is C66H42N4Si. The predicted molar refractivity (Wildman–Crippen MR) is 300 cm³/mol. The van der Waals surface area contributed by atoms with Crippen molar-refractivity contribution in [2.24, 2.45) is 0 Å². The third-order valence-corrected chi connectivity index (χ3v) is 20.2. The highest BCUT2D eigenvalue weighted by molar-refractivity contribution is 7.04. The number of benzene rings is 11. The van der Waals surface area contributed by atoms with Crippen LogP contribution in [0.2, 0.25) is 0 Å². The van der Waals surface area contributed by atoms with Gasteiger partial charge >= 0.3 is 8.40 Å². The number of anilines is 3. The third-order valence-electron chi connectivity index (χ3n) is 15.7. The number of fused-ring (bicyclic) bond motifs is 12. The highest BCUT2D eigenvalue weighted by atomic mass is 28.3. The fraction of sp³-hybridized carbons (Fsp3) is 0. The van der Waals surface area contributed by atoms with Crippen LogP contribution in [0.15, 0.2) is 255 Å². The summed E-state index contributed by atoms with van der Waals surface area (Å²) in [6.45, 7) is 0. The van der Waals surface area contributed by atoms with Crippen LogP contribution in [-0.2, 0) is 0 Å². The van der Waals surface area contributed by atoms with Gasteiger partial charge in [0.25, 0.3) is 0 Å². The molecule has 330 valence electrons. The lowest BCUT2D eigenvalue weighted by Gasteiger charge is -2.46. The Balaban J connectivity index is 1.20. The van der Waals surface area contributed by atoms with Crippen molar-refractivity contribution in [2.75, 3.05) is 4.90 Å². The van der Waals surface area contributed by atoms with E-state index < -0.39 is 8.40 Å². The van der Waals surface area contributed by atoms with Gasteiger partial charge < -0.3 is 17.9 Å². The van der Waals surface area contributed by atoms with E-state index >= 15 is 0 Å². The molecule has 5 heteroatoms. The van der Waals surface area contributed by atoms with Crippen LogP contribution < -0.4 is 15.3 Å². The molecule has 0 fully saturated rings. The molecule has 11 aromatic carbocycles. The van der Waals surface area contributed by atoms with Crippen molar-refractivity contribution in [2.45, 2.75) is 0 Å². The summed E-state index contributed by atoms with van der Waals surface area (Å²) in [4.78, 5) is 2.55. The van der Waals surface area contributed by atoms with Gasteiger partial charge in [-0.15, -0.1) is 0 Å². The lowest BCUT2D eigenvalue weighted by Crippen LogP contribution is -2.72. The summed E-state index contributed by atoms with van der Waals surface area (Å²) in [7, 11) is -3.71. The van der Waals surface area contributed by atoms with Crippen LogP contribution in [-0.4, -0.2) is 21.4 Å². The lowest BCUT2D eigenvalue weighted by atomic mass is 10.0. The Labute approximate surface area is 410 Å². The van der Waals surface area contributed by atoms with Gasteiger partial charge in [-0.05, 0) is 112 Å². The summed E-state index contributed by atoms with van der Waals surface area (Å²) in [5.41, 5.74) is 19.4. The fourth-order valence-corrected chi connectivity index (χ4v) is 18.3. The van der Waals surface area contributed by atoms with Gasteiger partial charge in [-0.25, -0.2) is 0 Å². The second-order valence-corrected chi connectivity index (χ2v) is 22.5. The maximum absolute atomic E-state index is 3.71. The molecular weight excluding hydrogens is 877 g/mol. The molecule has 1 spiro atoms. The summed E-state index contributed by atoms with van der Waals surface area (Å²) in [5.74, 6) is 0. The molecule has 0 saturated carbocycles. The second-order valence-electron chi connectivity index (χ2n) is 19.2. The first-order valence-corrected chi connectivity index (χ1v) is 26.5. The molecule has 0 bridgehead atoms. The monoisotopic (exact) mass is 918 g/mol. The van der Waals surface area contributed by atoms with E-state index in [0.717, 1.165) is 11.4 Å². The van der Waals surface area contributed by atoms with Crippen molar-refractivity contribution in [3.8, 4) is 39.1 Å². The van der Waals surface area contributed by atoms with Crippen LogP contribution in [0.25, 0.3) is 104 Å². The fourth-order valence-electron chi connectivity index (χ4n) is 12.8. The lowest BCUT2D eigenvalue weighted by molar-refractivity contribution is 1.14. The van der Waals surface area contributed by atoms with Gasteiger partial charge in [0.1, 0.15) is 0 Å². The van der Waals surface area contributed by atoms with E-state index in [4.69, 9.17) is 0 Å².